The molecule has 0 aliphatic carbocycles. The third-order valence-electron chi connectivity index (χ3n) is 5.04. The number of aliphatic hydroxyl groups is 1. The molecule has 2 atom stereocenters. The van der Waals surface area contributed by atoms with Gasteiger partial charge in [-0.1, -0.05) is 36.4 Å². The van der Waals surface area contributed by atoms with Crippen molar-refractivity contribution in [3.63, 3.8) is 0 Å². The summed E-state index contributed by atoms with van der Waals surface area (Å²) in [5.41, 5.74) is 2.18. The smallest absolute Gasteiger partial charge is 0.258 e. The molecule has 0 unspecified atom stereocenters. The van der Waals surface area contributed by atoms with Gasteiger partial charge in [0.1, 0.15) is 6.10 Å². The maximum atomic E-state index is 13.4. The average Bonchev–Trinajstić information content (AvgIpc) is 3.15. The number of carbonyl (C=O) groups excluding carboxylic acids is 1. The topological polar surface area (TPSA) is 80.5 Å². The molecule has 0 spiro atoms. The van der Waals surface area contributed by atoms with Crippen LogP contribution in [0.5, 0.6) is 0 Å². The van der Waals surface area contributed by atoms with Crippen molar-refractivity contribution in [1.82, 2.24) is 19.7 Å². The normalized spacial score (nSPS) is 19.6. The molecule has 1 aliphatic rings. The van der Waals surface area contributed by atoms with Gasteiger partial charge in [-0.2, -0.15) is 5.10 Å². The van der Waals surface area contributed by atoms with Gasteiger partial charge >= 0.3 is 0 Å². The summed E-state index contributed by atoms with van der Waals surface area (Å²) in [7, 11) is 0. The lowest BCUT2D eigenvalue weighted by atomic mass is 9.97. The summed E-state index contributed by atoms with van der Waals surface area (Å²) >= 11 is 0. The van der Waals surface area contributed by atoms with E-state index in [9.17, 15) is 9.90 Å². The molecule has 28 heavy (non-hydrogen) atoms. The Balaban J connectivity index is 1.69. The van der Waals surface area contributed by atoms with Crippen LogP contribution in [-0.2, 0) is 4.74 Å². The molecule has 3 aromatic rings. The van der Waals surface area contributed by atoms with E-state index < -0.39 is 6.10 Å². The molecule has 0 radical (unpaired) electrons. The summed E-state index contributed by atoms with van der Waals surface area (Å²) in [6, 6.07) is 14.9. The number of carbonyl (C=O) groups is 1. The highest BCUT2D eigenvalue weighted by atomic mass is 16.5. The second kappa shape index (κ2) is 7.92. The molecule has 0 bridgehead atoms. The van der Waals surface area contributed by atoms with Gasteiger partial charge in [-0.15, -0.1) is 0 Å². The molecule has 1 fully saturated rings. The fourth-order valence-corrected chi connectivity index (χ4v) is 3.64. The van der Waals surface area contributed by atoms with E-state index in [1.54, 1.807) is 22.0 Å². The molecule has 1 N–H and O–H groups in total. The first-order valence-corrected chi connectivity index (χ1v) is 9.25. The van der Waals surface area contributed by atoms with E-state index in [0.29, 0.717) is 24.5 Å². The van der Waals surface area contributed by atoms with Gasteiger partial charge in [-0.05, 0) is 24.6 Å². The number of benzene rings is 1. The zero-order valence-corrected chi connectivity index (χ0v) is 15.6. The quantitative estimate of drug-likeness (QED) is 0.752. The first kappa shape index (κ1) is 18.3. The third-order valence-corrected chi connectivity index (χ3v) is 5.04. The van der Waals surface area contributed by atoms with Gasteiger partial charge in [0.25, 0.3) is 5.91 Å². The minimum absolute atomic E-state index is 0.129. The highest BCUT2D eigenvalue weighted by Crippen LogP contribution is 2.31. The fourth-order valence-electron chi connectivity index (χ4n) is 3.64. The van der Waals surface area contributed by atoms with E-state index in [4.69, 9.17) is 4.74 Å². The van der Waals surface area contributed by atoms with Crippen molar-refractivity contribution in [3.8, 4) is 5.82 Å². The first-order chi connectivity index (χ1) is 13.7. The number of hydrogen-bond donors (Lipinski definition) is 1. The lowest BCUT2D eigenvalue weighted by Crippen LogP contribution is -2.49. The van der Waals surface area contributed by atoms with Crippen LogP contribution in [0.25, 0.3) is 5.82 Å². The van der Waals surface area contributed by atoms with E-state index >= 15 is 0 Å². The molecule has 3 heterocycles. The van der Waals surface area contributed by atoms with Crippen molar-refractivity contribution in [3.05, 3.63) is 77.7 Å². The van der Waals surface area contributed by atoms with Crippen LogP contribution in [0, 0.1) is 6.92 Å². The number of amides is 1. The second-order valence-electron chi connectivity index (χ2n) is 6.69. The van der Waals surface area contributed by atoms with Crippen LogP contribution in [0.1, 0.15) is 27.7 Å². The summed E-state index contributed by atoms with van der Waals surface area (Å²) in [5, 5.41) is 14.2. The summed E-state index contributed by atoms with van der Waals surface area (Å²) in [6.07, 6.45) is 2.81. The molecule has 1 amide bonds. The van der Waals surface area contributed by atoms with Crippen LogP contribution in [0.2, 0.25) is 0 Å². The number of aliphatic hydroxyl groups excluding tert-OH is 1. The number of morpholine rings is 1. The van der Waals surface area contributed by atoms with Crippen LogP contribution >= 0.6 is 0 Å². The summed E-state index contributed by atoms with van der Waals surface area (Å²) in [5.74, 6) is 0.532. The number of nitrogens with zero attached hydrogens (tertiary/aromatic N) is 4. The molecule has 0 saturated carbocycles. The molecule has 7 heteroatoms. The van der Waals surface area contributed by atoms with Gasteiger partial charge in [0.15, 0.2) is 5.82 Å². The van der Waals surface area contributed by atoms with Crippen LogP contribution in [0.4, 0.5) is 0 Å². The predicted molar refractivity (Wildman–Crippen MR) is 103 cm³/mol. The average molecular weight is 378 g/mol. The lowest BCUT2D eigenvalue weighted by molar-refractivity contribution is -0.0811. The Morgan fingerprint density at radius 3 is 2.71 bits per heavy atom. The molecule has 1 aliphatic heterocycles. The van der Waals surface area contributed by atoms with Crippen LogP contribution in [-0.4, -0.2) is 56.5 Å². The fraction of sp³-hybridized carbons (Fsp3) is 0.286. The molecule has 4 rings (SSSR count). The third kappa shape index (κ3) is 3.30. The van der Waals surface area contributed by atoms with Crippen molar-refractivity contribution >= 4 is 5.91 Å². The lowest BCUT2D eigenvalue weighted by Gasteiger charge is -2.40. The summed E-state index contributed by atoms with van der Waals surface area (Å²) < 4.78 is 7.40. The van der Waals surface area contributed by atoms with E-state index in [1.165, 1.54) is 0 Å². The maximum Gasteiger partial charge on any atom is 0.258 e. The molecule has 1 aromatic carbocycles. The number of ether oxygens (including phenoxy) is 1. The molecular weight excluding hydrogens is 356 g/mol. The monoisotopic (exact) mass is 378 g/mol. The van der Waals surface area contributed by atoms with Gasteiger partial charge in [0, 0.05) is 12.7 Å². The molecule has 7 nitrogen and oxygen atoms in total. The zero-order chi connectivity index (χ0) is 19.5. The van der Waals surface area contributed by atoms with Crippen LogP contribution in [0.3, 0.4) is 0 Å². The largest absolute Gasteiger partial charge is 0.394 e. The van der Waals surface area contributed by atoms with Crippen molar-refractivity contribution in [1.29, 1.82) is 0 Å². The Morgan fingerprint density at radius 1 is 1.21 bits per heavy atom. The predicted octanol–water partition coefficient (Wildman–Crippen LogP) is 2.15. The van der Waals surface area contributed by atoms with Crippen molar-refractivity contribution in [2.75, 3.05) is 19.8 Å². The molecule has 1 saturated heterocycles. The zero-order valence-electron chi connectivity index (χ0n) is 15.6. The van der Waals surface area contributed by atoms with Crippen LogP contribution < -0.4 is 0 Å². The minimum atomic E-state index is -0.466. The Kier molecular flexibility index (Phi) is 5.18. The minimum Gasteiger partial charge on any atom is -0.394 e. The van der Waals surface area contributed by atoms with Crippen molar-refractivity contribution in [2.45, 2.75) is 19.1 Å². The van der Waals surface area contributed by atoms with E-state index in [0.717, 1.165) is 11.3 Å². The first-order valence-electron chi connectivity index (χ1n) is 9.25. The Bertz CT molecular complexity index is 943. The van der Waals surface area contributed by atoms with Gasteiger partial charge < -0.3 is 14.7 Å². The Morgan fingerprint density at radius 2 is 2.00 bits per heavy atom. The van der Waals surface area contributed by atoms with E-state index in [-0.39, 0.29) is 18.6 Å². The highest BCUT2D eigenvalue weighted by Gasteiger charge is 2.37. The number of pyridine rings is 1. The van der Waals surface area contributed by atoms with Gasteiger partial charge in [-0.25, -0.2) is 9.67 Å². The van der Waals surface area contributed by atoms with Crippen LogP contribution in [0.15, 0.2) is 60.9 Å². The molecular formula is C21H22N4O3. The Hall–Kier alpha value is -3.03. The number of rotatable bonds is 4. The SMILES string of the molecule is Cc1c(C(=O)N2CCO[C@@H](CO)[C@@H]2c2ccccc2)cnn1-c1ccccn1. The second-order valence-corrected chi connectivity index (χ2v) is 6.69. The standard InChI is InChI=1S/C21H22N4O3/c1-15-17(13-23-25(15)19-9-5-6-10-22-19)21(27)24-11-12-28-18(14-26)20(24)16-7-3-2-4-8-16/h2-10,13,18,20,26H,11-12,14H2,1H3/t18-,20-/m0/s1. The van der Waals surface area contributed by atoms with E-state index in [1.807, 2.05) is 55.5 Å². The number of aromatic nitrogens is 3. The van der Waals surface area contributed by atoms with Gasteiger partial charge in [0.2, 0.25) is 0 Å². The summed E-state index contributed by atoms with van der Waals surface area (Å²) in [6.45, 7) is 2.53. The Labute approximate surface area is 163 Å². The van der Waals surface area contributed by atoms with E-state index in [2.05, 4.69) is 10.1 Å². The van der Waals surface area contributed by atoms with Gasteiger partial charge in [-0.3, -0.25) is 4.79 Å². The highest BCUT2D eigenvalue weighted by molar-refractivity contribution is 5.95. The number of hydrogen-bond acceptors (Lipinski definition) is 5. The van der Waals surface area contributed by atoms with Gasteiger partial charge in [0.05, 0.1) is 36.7 Å². The van der Waals surface area contributed by atoms with Crippen molar-refractivity contribution in [2.24, 2.45) is 0 Å². The molecule has 2 aromatic heterocycles. The summed E-state index contributed by atoms with van der Waals surface area (Å²) in [4.78, 5) is 19.5. The molecule has 144 valence electrons. The van der Waals surface area contributed by atoms with Crippen molar-refractivity contribution < 1.29 is 14.6 Å². The maximum absolute atomic E-state index is 13.4.